The Morgan fingerprint density at radius 1 is 1.16 bits per heavy atom. The van der Waals surface area contributed by atoms with Crippen LogP contribution in [0.2, 0.25) is 0 Å². The lowest BCUT2D eigenvalue weighted by Gasteiger charge is -2.18. The van der Waals surface area contributed by atoms with Crippen molar-refractivity contribution in [3.8, 4) is 0 Å². The van der Waals surface area contributed by atoms with Gasteiger partial charge in [-0.15, -0.1) is 10.2 Å². The highest BCUT2D eigenvalue weighted by Gasteiger charge is 2.30. The zero-order valence-corrected chi connectivity index (χ0v) is 17.8. The Morgan fingerprint density at radius 3 is 2.74 bits per heavy atom. The van der Waals surface area contributed by atoms with Gasteiger partial charge in [0.15, 0.2) is 5.65 Å². The summed E-state index contributed by atoms with van der Waals surface area (Å²) in [5.41, 5.74) is 2.36. The van der Waals surface area contributed by atoms with Crippen molar-refractivity contribution in [2.75, 3.05) is 19.6 Å². The monoisotopic (exact) mass is 421 g/mol. The van der Waals surface area contributed by atoms with E-state index in [9.17, 15) is 9.59 Å². The van der Waals surface area contributed by atoms with E-state index in [-0.39, 0.29) is 23.9 Å². The number of hydrogen-bond acceptors (Lipinski definition) is 5. The molecule has 31 heavy (non-hydrogen) atoms. The number of pyridine rings is 2. The molecule has 3 aromatic heterocycles. The van der Waals surface area contributed by atoms with Crippen LogP contribution in [0.1, 0.15) is 47.9 Å². The summed E-state index contributed by atoms with van der Waals surface area (Å²) in [5, 5.41) is 14.5. The van der Waals surface area contributed by atoms with Crippen molar-refractivity contribution >= 4 is 17.6 Å². The standard InChI is InChI=1S/C22H27N7O2/c1-15(2)25-22(31)28-12-8-17(13-28)20-27-26-19-4-3-18(14-29(19)20)21(30)24-11-7-16-5-9-23-10-6-16/h3-6,9-10,14-15,17H,7-8,11-13H2,1-2H3,(H,24,30)(H,25,31)/t17-/m1/s1. The van der Waals surface area contributed by atoms with Gasteiger partial charge in [-0.05, 0) is 56.5 Å². The van der Waals surface area contributed by atoms with Crippen LogP contribution in [0.5, 0.6) is 0 Å². The molecule has 9 heteroatoms. The van der Waals surface area contributed by atoms with Crippen molar-refractivity contribution in [3.63, 3.8) is 0 Å². The molecular formula is C22H27N7O2. The van der Waals surface area contributed by atoms with E-state index < -0.39 is 0 Å². The maximum absolute atomic E-state index is 12.6. The van der Waals surface area contributed by atoms with Gasteiger partial charge in [0, 0.05) is 50.2 Å². The molecule has 4 heterocycles. The summed E-state index contributed by atoms with van der Waals surface area (Å²) in [6, 6.07) is 7.47. The lowest BCUT2D eigenvalue weighted by molar-refractivity contribution is 0.0953. The number of carbonyl (C=O) groups is 2. The summed E-state index contributed by atoms with van der Waals surface area (Å²) in [6.45, 7) is 5.69. The van der Waals surface area contributed by atoms with Crippen molar-refractivity contribution in [1.29, 1.82) is 0 Å². The molecule has 0 aliphatic carbocycles. The predicted molar refractivity (Wildman–Crippen MR) is 116 cm³/mol. The number of amides is 3. The van der Waals surface area contributed by atoms with Crippen molar-refractivity contribution in [1.82, 2.24) is 35.1 Å². The lowest BCUT2D eigenvalue weighted by Crippen LogP contribution is -2.41. The molecule has 0 unspecified atom stereocenters. The maximum atomic E-state index is 12.6. The largest absolute Gasteiger partial charge is 0.352 e. The average Bonchev–Trinajstić information content (AvgIpc) is 3.40. The van der Waals surface area contributed by atoms with Crippen molar-refractivity contribution < 1.29 is 9.59 Å². The Bertz CT molecular complexity index is 1060. The summed E-state index contributed by atoms with van der Waals surface area (Å²) < 4.78 is 1.87. The molecule has 162 valence electrons. The number of urea groups is 1. The van der Waals surface area contributed by atoms with E-state index in [4.69, 9.17) is 0 Å². The van der Waals surface area contributed by atoms with Gasteiger partial charge in [-0.1, -0.05) is 0 Å². The minimum atomic E-state index is -0.139. The Kier molecular flexibility index (Phi) is 6.11. The number of carbonyl (C=O) groups excluding carboxylic acids is 2. The van der Waals surface area contributed by atoms with Crippen molar-refractivity contribution in [2.45, 2.75) is 38.6 Å². The fraction of sp³-hybridized carbons (Fsp3) is 0.409. The number of nitrogens with zero attached hydrogens (tertiary/aromatic N) is 5. The molecule has 1 aliphatic rings. The number of fused-ring (bicyclic) bond motifs is 1. The molecule has 2 N–H and O–H groups in total. The number of nitrogens with one attached hydrogen (secondary N) is 2. The van der Waals surface area contributed by atoms with E-state index in [0.717, 1.165) is 24.2 Å². The van der Waals surface area contributed by atoms with Crippen molar-refractivity contribution in [3.05, 3.63) is 59.8 Å². The number of rotatable bonds is 6. The van der Waals surface area contributed by atoms with Crippen LogP contribution in [-0.4, -0.2) is 62.1 Å². The normalized spacial score (nSPS) is 16.1. The molecule has 1 aliphatic heterocycles. The van der Waals surface area contributed by atoms with E-state index in [0.29, 0.717) is 30.8 Å². The Labute approximate surface area is 180 Å². The molecule has 0 spiro atoms. The summed E-state index contributed by atoms with van der Waals surface area (Å²) in [6.07, 6.45) is 6.83. The smallest absolute Gasteiger partial charge is 0.317 e. The minimum absolute atomic E-state index is 0.0550. The van der Waals surface area contributed by atoms with Crippen LogP contribution in [0.4, 0.5) is 4.79 Å². The van der Waals surface area contributed by atoms with Crippen LogP contribution in [0.3, 0.4) is 0 Å². The first-order valence-electron chi connectivity index (χ1n) is 10.6. The highest BCUT2D eigenvalue weighted by molar-refractivity contribution is 5.94. The van der Waals surface area contributed by atoms with E-state index in [1.165, 1.54) is 0 Å². The van der Waals surface area contributed by atoms with Gasteiger partial charge in [0.1, 0.15) is 5.82 Å². The third-order valence-corrected chi connectivity index (χ3v) is 5.39. The molecular weight excluding hydrogens is 394 g/mol. The van der Waals surface area contributed by atoms with Crippen LogP contribution >= 0.6 is 0 Å². The van der Waals surface area contributed by atoms with Gasteiger partial charge < -0.3 is 15.5 Å². The fourth-order valence-electron chi connectivity index (χ4n) is 3.79. The summed E-state index contributed by atoms with van der Waals surface area (Å²) in [7, 11) is 0. The molecule has 4 rings (SSSR count). The molecule has 1 fully saturated rings. The average molecular weight is 422 g/mol. The second kappa shape index (κ2) is 9.11. The fourth-order valence-corrected chi connectivity index (χ4v) is 3.79. The SMILES string of the molecule is CC(C)NC(=O)N1CC[C@@H](c2nnc3ccc(C(=O)NCCc4ccncc4)cn23)C1. The Morgan fingerprint density at radius 2 is 1.97 bits per heavy atom. The molecule has 0 aromatic carbocycles. The Balaban J connectivity index is 1.43. The first-order valence-corrected chi connectivity index (χ1v) is 10.6. The predicted octanol–water partition coefficient (Wildman–Crippen LogP) is 2.00. The highest BCUT2D eigenvalue weighted by atomic mass is 16.2. The molecule has 0 bridgehead atoms. The molecule has 3 aromatic rings. The van der Waals surface area contributed by atoms with Crippen LogP contribution in [0.25, 0.3) is 5.65 Å². The maximum Gasteiger partial charge on any atom is 0.317 e. The van der Waals surface area contributed by atoms with Gasteiger partial charge in [-0.25, -0.2) is 4.79 Å². The molecule has 9 nitrogen and oxygen atoms in total. The zero-order chi connectivity index (χ0) is 21.8. The highest BCUT2D eigenvalue weighted by Crippen LogP contribution is 2.26. The molecule has 1 atom stereocenters. The van der Waals surface area contributed by atoms with Crippen LogP contribution in [-0.2, 0) is 6.42 Å². The topological polar surface area (TPSA) is 105 Å². The number of likely N-dealkylation sites (tertiary alicyclic amines) is 1. The van der Waals surface area contributed by atoms with E-state index in [2.05, 4.69) is 25.8 Å². The van der Waals surface area contributed by atoms with Gasteiger partial charge in [0.25, 0.3) is 5.91 Å². The summed E-state index contributed by atoms with van der Waals surface area (Å²) in [5.74, 6) is 0.721. The van der Waals surface area contributed by atoms with Crippen LogP contribution in [0.15, 0.2) is 42.9 Å². The van der Waals surface area contributed by atoms with Crippen LogP contribution in [0, 0.1) is 0 Å². The van der Waals surface area contributed by atoms with Gasteiger partial charge >= 0.3 is 6.03 Å². The van der Waals surface area contributed by atoms with Gasteiger partial charge in [0.05, 0.1) is 5.56 Å². The van der Waals surface area contributed by atoms with E-state index in [1.807, 2.05) is 30.4 Å². The van der Waals surface area contributed by atoms with Gasteiger partial charge in [-0.3, -0.25) is 14.2 Å². The third kappa shape index (κ3) is 4.82. The number of hydrogen-bond donors (Lipinski definition) is 2. The van der Waals surface area contributed by atoms with E-state index in [1.54, 1.807) is 35.6 Å². The quantitative estimate of drug-likeness (QED) is 0.634. The number of aromatic nitrogens is 4. The first kappa shape index (κ1) is 20.8. The molecule has 1 saturated heterocycles. The second-order valence-corrected chi connectivity index (χ2v) is 8.10. The minimum Gasteiger partial charge on any atom is -0.352 e. The summed E-state index contributed by atoms with van der Waals surface area (Å²) >= 11 is 0. The molecule has 0 radical (unpaired) electrons. The Hall–Kier alpha value is -3.49. The third-order valence-electron chi connectivity index (χ3n) is 5.39. The first-order chi connectivity index (χ1) is 15.0. The molecule has 0 saturated carbocycles. The molecule has 3 amide bonds. The van der Waals surface area contributed by atoms with Crippen LogP contribution < -0.4 is 10.6 Å². The van der Waals surface area contributed by atoms with Crippen molar-refractivity contribution in [2.24, 2.45) is 0 Å². The second-order valence-electron chi connectivity index (χ2n) is 8.10. The summed E-state index contributed by atoms with van der Waals surface area (Å²) in [4.78, 5) is 30.7. The lowest BCUT2D eigenvalue weighted by atomic mass is 10.1. The van der Waals surface area contributed by atoms with E-state index >= 15 is 0 Å². The van der Waals surface area contributed by atoms with Gasteiger partial charge in [0.2, 0.25) is 0 Å². The zero-order valence-electron chi connectivity index (χ0n) is 17.8. The van der Waals surface area contributed by atoms with Gasteiger partial charge in [-0.2, -0.15) is 0 Å².